The van der Waals surface area contributed by atoms with Gasteiger partial charge in [-0.2, -0.15) is 10.2 Å². The Morgan fingerprint density at radius 1 is 0.697 bits per heavy atom. The monoisotopic (exact) mass is 441 g/mol. The van der Waals surface area contributed by atoms with E-state index in [2.05, 4.69) is 32.3 Å². The lowest BCUT2D eigenvalue weighted by Crippen LogP contribution is -2.25. The number of benzene rings is 4. The second-order valence-electron chi connectivity index (χ2n) is 7.35. The van der Waals surface area contributed by atoms with Gasteiger partial charge in [-0.1, -0.05) is 24.3 Å². The summed E-state index contributed by atoms with van der Waals surface area (Å²) >= 11 is 0. The van der Waals surface area contributed by atoms with Crippen molar-refractivity contribution < 1.29 is 9.50 Å². The maximum atomic E-state index is 13.1. The van der Waals surface area contributed by atoms with Gasteiger partial charge in [-0.15, -0.1) is 10.2 Å². The summed E-state index contributed by atoms with van der Waals surface area (Å²) in [5.74, 6) is -0.309. The van der Waals surface area contributed by atoms with Crippen LogP contribution in [0.1, 0.15) is 6.92 Å². The van der Waals surface area contributed by atoms with Crippen LogP contribution in [0.3, 0.4) is 0 Å². The van der Waals surface area contributed by atoms with Gasteiger partial charge in [0.05, 0.1) is 29.4 Å². The zero-order chi connectivity index (χ0) is 23.0. The van der Waals surface area contributed by atoms with Crippen molar-refractivity contribution in [2.24, 2.45) is 20.5 Å². The van der Waals surface area contributed by atoms with E-state index in [0.717, 1.165) is 34.4 Å². The van der Waals surface area contributed by atoms with E-state index >= 15 is 0 Å². The van der Waals surface area contributed by atoms with Gasteiger partial charge in [0.1, 0.15) is 5.82 Å². The van der Waals surface area contributed by atoms with E-state index in [1.54, 1.807) is 12.1 Å². The standard InChI is InChI=1S/C26H24FN5O/c1-2-32(17-18-33)22-13-11-21(12-14-22)29-31-26-16-15-25(23-5-3-4-6-24(23)26)30-28-20-9-7-19(27)8-10-20/h3-16,33H,2,17-18H2,1H3. The molecule has 7 heteroatoms. The van der Waals surface area contributed by atoms with E-state index in [4.69, 9.17) is 0 Å². The van der Waals surface area contributed by atoms with Gasteiger partial charge in [0.15, 0.2) is 0 Å². The predicted molar refractivity (Wildman–Crippen MR) is 130 cm³/mol. The van der Waals surface area contributed by atoms with Gasteiger partial charge in [-0.3, -0.25) is 0 Å². The van der Waals surface area contributed by atoms with E-state index in [1.165, 1.54) is 12.1 Å². The Bertz CT molecular complexity index is 1270. The minimum Gasteiger partial charge on any atom is -0.395 e. The zero-order valence-corrected chi connectivity index (χ0v) is 18.3. The molecular weight excluding hydrogens is 417 g/mol. The van der Waals surface area contributed by atoms with Crippen LogP contribution in [0.5, 0.6) is 0 Å². The molecule has 4 rings (SSSR count). The van der Waals surface area contributed by atoms with Crippen LogP contribution >= 0.6 is 0 Å². The number of aliphatic hydroxyl groups excluding tert-OH is 1. The first-order chi connectivity index (χ1) is 16.2. The summed E-state index contributed by atoms with van der Waals surface area (Å²) in [7, 11) is 0. The third-order valence-electron chi connectivity index (χ3n) is 5.22. The number of azo groups is 2. The minimum atomic E-state index is -0.309. The van der Waals surface area contributed by atoms with Gasteiger partial charge in [0.2, 0.25) is 0 Å². The molecule has 0 radical (unpaired) electrons. The topological polar surface area (TPSA) is 72.9 Å². The molecule has 0 atom stereocenters. The summed E-state index contributed by atoms with van der Waals surface area (Å²) in [5.41, 5.74) is 3.77. The summed E-state index contributed by atoms with van der Waals surface area (Å²) in [6.45, 7) is 3.57. The average Bonchev–Trinajstić information content (AvgIpc) is 2.86. The molecule has 0 aliphatic heterocycles. The summed E-state index contributed by atoms with van der Waals surface area (Å²) in [5, 5.41) is 28.4. The van der Waals surface area contributed by atoms with Crippen molar-refractivity contribution in [3.63, 3.8) is 0 Å². The first-order valence-electron chi connectivity index (χ1n) is 10.7. The predicted octanol–water partition coefficient (Wildman–Crippen LogP) is 7.63. The van der Waals surface area contributed by atoms with Gasteiger partial charge in [-0.25, -0.2) is 4.39 Å². The highest BCUT2D eigenvalue weighted by Gasteiger charge is 2.06. The normalized spacial score (nSPS) is 11.6. The fourth-order valence-corrected chi connectivity index (χ4v) is 3.49. The van der Waals surface area contributed by atoms with Gasteiger partial charge < -0.3 is 10.0 Å². The molecular formula is C26H24FN5O. The van der Waals surface area contributed by atoms with Crippen LogP contribution in [-0.2, 0) is 0 Å². The largest absolute Gasteiger partial charge is 0.395 e. The molecule has 0 fully saturated rings. The van der Waals surface area contributed by atoms with Gasteiger partial charge in [0, 0.05) is 29.5 Å². The lowest BCUT2D eigenvalue weighted by molar-refractivity contribution is 0.302. The Balaban J connectivity index is 1.58. The highest BCUT2D eigenvalue weighted by molar-refractivity contribution is 5.99. The van der Waals surface area contributed by atoms with E-state index in [0.29, 0.717) is 17.9 Å². The van der Waals surface area contributed by atoms with E-state index in [-0.39, 0.29) is 12.4 Å². The molecule has 166 valence electrons. The number of hydrogen-bond acceptors (Lipinski definition) is 6. The van der Waals surface area contributed by atoms with Gasteiger partial charge >= 0.3 is 0 Å². The van der Waals surface area contributed by atoms with Crippen molar-refractivity contribution in [2.45, 2.75) is 6.92 Å². The van der Waals surface area contributed by atoms with Crippen LogP contribution in [0.25, 0.3) is 10.8 Å². The number of hydrogen-bond donors (Lipinski definition) is 1. The van der Waals surface area contributed by atoms with Crippen molar-refractivity contribution >= 4 is 39.2 Å². The molecule has 0 saturated heterocycles. The lowest BCUT2D eigenvalue weighted by Gasteiger charge is -2.21. The Morgan fingerprint density at radius 2 is 1.21 bits per heavy atom. The van der Waals surface area contributed by atoms with Crippen LogP contribution in [-0.4, -0.2) is 24.8 Å². The van der Waals surface area contributed by atoms with Crippen LogP contribution < -0.4 is 4.90 Å². The molecule has 6 nitrogen and oxygen atoms in total. The molecule has 0 heterocycles. The maximum absolute atomic E-state index is 13.1. The van der Waals surface area contributed by atoms with Crippen LogP contribution in [0, 0.1) is 5.82 Å². The summed E-state index contributed by atoms with van der Waals surface area (Å²) in [6, 6.07) is 25.2. The van der Waals surface area contributed by atoms with E-state index in [9.17, 15) is 9.50 Å². The summed E-state index contributed by atoms with van der Waals surface area (Å²) < 4.78 is 13.1. The number of aliphatic hydroxyl groups is 1. The molecule has 0 aliphatic rings. The van der Waals surface area contributed by atoms with Gasteiger partial charge in [-0.05, 0) is 67.6 Å². The first kappa shape index (κ1) is 22.2. The Kier molecular flexibility index (Phi) is 7.12. The number of likely N-dealkylation sites (N-methyl/N-ethyl adjacent to an activating group) is 1. The lowest BCUT2D eigenvalue weighted by atomic mass is 10.1. The number of halogens is 1. The summed E-state index contributed by atoms with van der Waals surface area (Å²) in [6.07, 6.45) is 0. The third-order valence-corrected chi connectivity index (χ3v) is 5.22. The number of nitrogens with zero attached hydrogens (tertiary/aromatic N) is 5. The zero-order valence-electron chi connectivity index (χ0n) is 18.3. The highest BCUT2D eigenvalue weighted by Crippen LogP contribution is 2.35. The fraction of sp³-hybridized carbons (Fsp3) is 0.154. The molecule has 0 amide bonds. The molecule has 0 spiro atoms. The summed E-state index contributed by atoms with van der Waals surface area (Å²) in [4.78, 5) is 2.09. The second kappa shape index (κ2) is 10.6. The number of fused-ring (bicyclic) bond motifs is 1. The fourth-order valence-electron chi connectivity index (χ4n) is 3.49. The molecule has 33 heavy (non-hydrogen) atoms. The van der Waals surface area contributed by atoms with Crippen LogP contribution in [0.15, 0.2) is 105 Å². The Morgan fingerprint density at radius 3 is 1.70 bits per heavy atom. The van der Waals surface area contributed by atoms with Crippen molar-refractivity contribution in [1.82, 2.24) is 0 Å². The molecule has 0 bridgehead atoms. The van der Waals surface area contributed by atoms with E-state index < -0.39 is 0 Å². The van der Waals surface area contributed by atoms with E-state index in [1.807, 2.05) is 60.7 Å². The molecule has 0 aromatic heterocycles. The molecule has 0 unspecified atom stereocenters. The highest BCUT2D eigenvalue weighted by atomic mass is 19.1. The molecule has 0 saturated carbocycles. The smallest absolute Gasteiger partial charge is 0.123 e. The second-order valence-corrected chi connectivity index (χ2v) is 7.35. The SMILES string of the molecule is CCN(CCO)c1ccc(N=Nc2ccc(N=Nc3ccc(F)cc3)c3ccccc23)cc1. The Hall–Kier alpha value is -3.97. The van der Waals surface area contributed by atoms with Gasteiger partial charge in [0.25, 0.3) is 0 Å². The van der Waals surface area contributed by atoms with Crippen LogP contribution in [0.2, 0.25) is 0 Å². The Labute approximate surface area is 191 Å². The molecule has 4 aromatic rings. The van der Waals surface area contributed by atoms with Crippen LogP contribution in [0.4, 0.5) is 32.8 Å². The molecule has 0 aliphatic carbocycles. The molecule has 1 N–H and O–H groups in total. The minimum absolute atomic E-state index is 0.113. The number of anilines is 1. The maximum Gasteiger partial charge on any atom is 0.123 e. The van der Waals surface area contributed by atoms with Crippen molar-refractivity contribution in [3.8, 4) is 0 Å². The van der Waals surface area contributed by atoms with Crippen molar-refractivity contribution in [3.05, 3.63) is 90.7 Å². The van der Waals surface area contributed by atoms with Crippen molar-refractivity contribution in [2.75, 3.05) is 24.6 Å². The average molecular weight is 442 g/mol. The third kappa shape index (κ3) is 5.45. The number of rotatable bonds is 8. The molecule has 4 aromatic carbocycles. The quantitative estimate of drug-likeness (QED) is 0.286. The van der Waals surface area contributed by atoms with Crippen molar-refractivity contribution in [1.29, 1.82) is 0 Å². The first-order valence-corrected chi connectivity index (χ1v) is 10.7.